The molecule has 0 aliphatic rings. The Morgan fingerprint density at radius 1 is 1.23 bits per heavy atom. The molecule has 112 valence electrons. The van der Waals surface area contributed by atoms with Gasteiger partial charge in [-0.25, -0.2) is 9.78 Å². The van der Waals surface area contributed by atoms with Crippen molar-refractivity contribution in [2.75, 3.05) is 13.7 Å². The van der Waals surface area contributed by atoms with Crippen molar-refractivity contribution in [3.8, 4) is 17.1 Å². The number of nitrogens with one attached hydrogen (secondary N) is 1. The minimum atomic E-state index is -0.410. The van der Waals surface area contributed by atoms with Crippen LogP contribution in [-0.2, 0) is 9.53 Å². The Morgan fingerprint density at radius 3 is 2.73 bits per heavy atom. The Bertz CT molecular complexity index is 812. The highest BCUT2D eigenvalue weighted by atomic mass is 79.9. The van der Waals surface area contributed by atoms with Crippen LogP contribution in [0.1, 0.15) is 0 Å². The summed E-state index contributed by atoms with van der Waals surface area (Å²) < 4.78 is 10.8. The van der Waals surface area contributed by atoms with Crippen LogP contribution in [0.2, 0.25) is 0 Å². The van der Waals surface area contributed by atoms with Gasteiger partial charge in [0.05, 0.1) is 18.1 Å². The van der Waals surface area contributed by atoms with Crippen LogP contribution < -0.4 is 4.74 Å². The minimum Gasteiger partial charge on any atom is -0.482 e. The third-order valence-corrected chi connectivity index (χ3v) is 3.65. The first-order valence-electron chi connectivity index (χ1n) is 6.61. The van der Waals surface area contributed by atoms with E-state index >= 15 is 0 Å². The van der Waals surface area contributed by atoms with E-state index in [1.54, 1.807) is 12.1 Å². The second-order valence-electron chi connectivity index (χ2n) is 4.64. The molecule has 0 atom stereocenters. The first kappa shape index (κ1) is 14.6. The van der Waals surface area contributed by atoms with Gasteiger partial charge in [-0.3, -0.25) is 0 Å². The van der Waals surface area contributed by atoms with Crippen LogP contribution in [0.25, 0.3) is 22.4 Å². The van der Waals surface area contributed by atoms with Gasteiger partial charge in [-0.2, -0.15) is 0 Å². The Hall–Kier alpha value is -2.34. The average Bonchev–Trinajstić information content (AvgIpc) is 2.96. The molecular weight excluding hydrogens is 348 g/mol. The van der Waals surface area contributed by atoms with E-state index in [9.17, 15) is 4.79 Å². The van der Waals surface area contributed by atoms with Crippen LogP contribution in [0.3, 0.4) is 0 Å². The highest BCUT2D eigenvalue weighted by Crippen LogP contribution is 2.24. The molecule has 1 aromatic heterocycles. The van der Waals surface area contributed by atoms with Gasteiger partial charge >= 0.3 is 5.97 Å². The number of imidazole rings is 1. The number of methoxy groups -OCH3 is 1. The number of halogens is 1. The number of nitrogens with zero attached hydrogens (tertiary/aromatic N) is 1. The predicted octanol–water partition coefficient (Wildman–Crippen LogP) is 3.54. The molecule has 5 nitrogen and oxygen atoms in total. The van der Waals surface area contributed by atoms with Gasteiger partial charge in [0, 0.05) is 10.0 Å². The number of fused-ring (bicyclic) bond motifs is 1. The topological polar surface area (TPSA) is 64.2 Å². The maximum atomic E-state index is 11.0. The molecule has 0 unspecified atom stereocenters. The maximum absolute atomic E-state index is 11.0. The van der Waals surface area contributed by atoms with Crippen LogP contribution in [0.15, 0.2) is 46.9 Å². The van der Waals surface area contributed by atoms with Crippen molar-refractivity contribution in [2.24, 2.45) is 0 Å². The van der Waals surface area contributed by atoms with E-state index in [1.165, 1.54) is 7.11 Å². The fourth-order valence-electron chi connectivity index (χ4n) is 2.03. The Labute approximate surface area is 135 Å². The minimum absolute atomic E-state index is 0.103. The molecule has 3 aromatic rings. The first-order chi connectivity index (χ1) is 10.7. The standard InChI is InChI=1S/C16H13BrN2O3/c1-21-15(20)9-22-12-5-2-10(3-6-12)16-18-13-7-4-11(17)8-14(13)19-16/h2-8H,9H2,1H3,(H,18,19). The zero-order valence-corrected chi connectivity index (χ0v) is 13.4. The van der Waals surface area contributed by atoms with Crippen LogP contribution in [0.4, 0.5) is 0 Å². The largest absolute Gasteiger partial charge is 0.482 e. The summed E-state index contributed by atoms with van der Waals surface area (Å²) in [6, 6.07) is 13.3. The number of H-pyrrole nitrogens is 1. The Balaban J connectivity index is 1.80. The van der Waals surface area contributed by atoms with Gasteiger partial charge in [0.15, 0.2) is 6.61 Å². The number of carbonyl (C=O) groups is 1. The van der Waals surface area contributed by atoms with Gasteiger partial charge in [-0.1, -0.05) is 15.9 Å². The number of rotatable bonds is 4. The van der Waals surface area contributed by atoms with Crippen LogP contribution >= 0.6 is 15.9 Å². The van der Waals surface area contributed by atoms with Gasteiger partial charge in [0.25, 0.3) is 0 Å². The molecule has 22 heavy (non-hydrogen) atoms. The van der Waals surface area contributed by atoms with Crippen molar-refractivity contribution in [3.05, 3.63) is 46.9 Å². The van der Waals surface area contributed by atoms with E-state index in [0.717, 1.165) is 26.9 Å². The highest BCUT2D eigenvalue weighted by Gasteiger charge is 2.07. The average molecular weight is 361 g/mol. The molecular formula is C16H13BrN2O3. The number of hydrogen-bond donors (Lipinski definition) is 1. The second-order valence-corrected chi connectivity index (χ2v) is 5.55. The number of ether oxygens (including phenoxy) is 2. The van der Waals surface area contributed by atoms with Gasteiger partial charge < -0.3 is 14.5 Å². The van der Waals surface area contributed by atoms with E-state index in [4.69, 9.17) is 4.74 Å². The van der Waals surface area contributed by atoms with Gasteiger partial charge in [-0.15, -0.1) is 0 Å². The summed E-state index contributed by atoms with van der Waals surface area (Å²) in [4.78, 5) is 18.9. The lowest BCUT2D eigenvalue weighted by Crippen LogP contribution is -2.12. The summed E-state index contributed by atoms with van der Waals surface area (Å²) in [6.45, 7) is -0.103. The van der Waals surface area contributed by atoms with Crippen LogP contribution in [0.5, 0.6) is 5.75 Å². The lowest BCUT2D eigenvalue weighted by molar-refractivity contribution is -0.142. The maximum Gasteiger partial charge on any atom is 0.343 e. The fourth-order valence-corrected chi connectivity index (χ4v) is 2.39. The lowest BCUT2D eigenvalue weighted by atomic mass is 10.2. The molecule has 0 aliphatic heterocycles. The highest BCUT2D eigenvalue weighted by molar-refractivity contribution is 9.10. The van der Waals surface area contributed by atoms with E-state index in [1.807, 2.05) is 30.3 Å². The molecule has 0 radical (unpaired) electrons. The smallest absolute Gasteiger partial charge is 0.343 e. The monoisotopic (exact) mass is 360 g/mol. The van der Waals surface area contributed by atoms with Crippen molar-refractivity contribution in [2.45, 2.75) is 0 Å². The van der Waals surface area contributed by atoms with Crippen molar-refractivity contribution in [1.29, 1.82) is 0 Å². The molecule has 1 N–H and O–H groups in total. The molecule has 0 saturated heterocycles. The van der Waals surface area contributed by atoms with Crippen LogP contribution in [0, 0.1) is 0 Å². The first-order valence-corrected chi connectivity index (χ1v) is 7.40. The summed E-state index contributed by atoms with van der Waals surface area (Å²) in [6.07, 6.45) is 0. The summed E-state index contributed by atoms with van der Waals surface area (Å²) in [5, 5.41) is 0. The summed E-state index contributed by atoms with van der Waals surface area (Å²) in [5.74, 6) is 0.979. The zero-order valence-electron chi connectivity index (χ0n) is 11.8. The number of aromatic amines is 1. The summed E-state index contributed by atoms with van der Waals surface area (Å²) >= 11 is 3.44. The Kier molecular flexibility index (Phi) is 4.11. The van der Waals surface area contributed by atoms with E-state index in [-0.39, 0.29) is 6.61 Å². The molecule has 0 spiro atoms. The molecule has 0 aliphatic carbocycles. The third kappa shape index (κ3) is 3.12. The number of esters is 1. The van der Waals surface area contributed by atoms with E-state index < -0.39 is 5.97 Å². The molecule has 0 amide bonds. The van der Waals surface area contributed by atoms with Crippen molar-refractivity contribution >= 4 is 32.9 Å². The van der Waals surface area contributed by atoms with Gasteiger partial charge in [-0.05, 0) is 42.5 Å². The molecule has 0 fully saturated rings. The van der Waals surface area contributed by atoms with Crippen molar-refractivity contribution in [3.63, 3.8) is 0 Å². The van der Waals surface area contributed by atoms with Crippen LogP contribution in [-0.4, -0.2) is 29.7 Å². The lowest BCUT2D eigenvalue weighted by Gasteiger charge is -2.05. The normalized spacial score (nSPS) is 10.6. The van der Waals surface area contributed by atoms with Gasteiger partial charge in [0.2, 0.25) is 0 Å². The number of benzene rings is 2. The summed E-state index contributed by atoms with van der Waals surface area (Å²) in [7, 11) is 1.33. The van der Waals surface area contributed by atoms with E-state index in [2.05, 4.69) is 30.6 Å². The summed E-state index contributed by atoms with van der Waals surface area (Å²) in [5.41, 5.74) is 2.82. The molecule has 2 aromatic carbocycles. The predicted molar refractivity (Wildman–Crippen MR) is 86.7 cm³/mol. The number of hydrogen-bond acceptors (Lipinski definition) is 4. The SMILES string of the molecule is COC(=O)COc1ccc(-c2nc3ccc(Br)cc3[nH]2)cc1. The zero-order chi connectivity index (χ0) is 15.5. The molecule has 6 heteroatoms. The van der Waals surface area contributed by atoms with E-state index in [0.29, 0.717) is 5.75 Å². The van der Waals surface area contributed by atoms with Gasteiger partial charge in [0.1, 0.15) is 11.6 Å². The molecule has 3 rings (SSSR count). The van der Waals surface area contributed by atoms with Crippen molar-refractivity contribution in [1.82, 2.24) is 9.97 Å². The number of aromatic nitrogens is 2. The molecule has 0 saturated carbocycles. The molecule has 1 heterocycles. The fraction of sp³-hybridized carbons (Fsp3) is 0.125. The van der Waals surface area contributed by atoms with Crippen molar-refractivity contribution < 1.29 is 14.3 Å². The number of carbonyl (C=O) groups excluding carboxylic acids is 1. The molecule has 0 bridgehead atoms. The second kappa shape index (κ2) is 6.19. The Morgan fingerprint density at radius 2 is 2.00 bits per heavy atom. The quantitative estimate of drug-likeness (QED) is 0.722. The third-order valence-electron chi connectivity index (χ3n) is 3.16.